The van der Waals surface area contributed by atoms with Crippen LogP contribution in [0.1, 0.15) is 45.0 Å². The molecule has 0 saturated carbocycles. The number of ether oxygens (including phenoxy) is 1. The third-order valence-electron chi connectivity index (χ3n) is 3.09. The van der Waals surface area contributed by atoms with Gasteiger partial charge >= 0.3 is 0 Å². The number of carbonyl (C=O) groups is 2. The number of benzene rings is 1. The van der Waals surface area contributed by atoms with Gasteiger partial charge in [-0.15, -0.1) is 0 Å². The molecule has 5 heteroatoms. The molecule has 2 N–H and O–H groups in total. The number of rotatable bonds is 5. The van der Waals surface area contributed by atoms with Gasteiger partial charge in [0.15, 0.2) is 0 Å². The SMILES string of the molecule is COc1ccc(C(=O)N[C@@H](C(=O)NC(C)(C)C)C(C)C)cc1. The zero-order valence-electron chi connectivity index (χ0n) is 14.2. The van der Waals surface area contributed by atoms with Gasteiger partial charge in [-0.25, -0.2) is 0 Å². The predicted octanol–water partition coefficient (Wildman–Crippen LogP) is 2.36. The molecule has 0 heterocycles. The van der Waals surface area contributed by atoms with Crippen LogP contribution in [0.4, 0.5) is 0 Å². The fraction of sp³-hybridized carbons (Fsp3) is 0.529. The molecule has 22 heavy (non-hydrogen) atoms. The van der Waals surface area contributed by atoms with E-state index in [1.54, 1.807) is 31.4 Å². The minimum atomic E-state index is -0.575. The lowest BCUT2D eigenvalue weighted by Crippen LogP contribution is -2.54. The molecule has 0 aliphatic carbocycles. The zero-order valence-corrected chi connectivity index (χ0v) is 14.2. The predicted molar refractivity (Wildman–Crippen MR) is 87.0 cm³/mol. The summed E-state index contributed by atoms with van der Waals surface area (Å²) < 4.78 is 5.07. The lowest BCUT2D eigenvalue weighted by Gasteiger charge is -2.27. The van der Waals surface area contributed by atoms with Crippen LogP contribution >= 0.6 is 0 Å². The summed E-state index contributed by atoms with van der Waals surface area (Å²) in [7, 11) is 1.57. The molecule has 122 valence electrons. The van der Waals surface area contributed by atoms with Gasteiger partial charge in [-0.2, -0.15) is 0 Å². The van der Waals surface area contributed by atoms with E-state index in [-0.39, 0.29) is 23.3 Å². The number of nitrogens with one attached hydrogen (secondary N) is 2. The van der Waals surface area contributed by atoms with Crippen LogP contribution in [0, 0.1) is 5.92 Å². The van der Waals surface area contributed by atoms with Gasteiger partial charge in [-0.1, -0.05) is 13.8 Å². The molecule has 0 radical (unpaired) electrons. The van der Waals surface area contributed by atoms with Gasteiger partial charge in [-0.3, -0.25) is 9.59 Å². The first-order valence-electron chi connectivity index (χ1n) is 7.41. The van der Waals surface area contributed by atoms with Gasteiger partial charge in [0.25, 0.3) is 5.91 Å². The molecule has 1 atom stereocenters. The summed E-state index contributed by atoms with van der Waals surface area (Å²) in [4.78, 5) is 24.6. The van der Waals surface area contributed by atoms with Crippen molar-refractivity contribution in [3.8, 4) is 5.75 Å². The van der Waals surface area contributed by atoms with E-state index in [1.807, 2.05) is 34.6 Å². The van der Waals surface area contributed by atoms with E-state index in [0.29, 0.717) is 11.3 Å². The fourth-order valence-electron chi connectivity index (χ4n) is 1.95. The van der Waals surface area contributed by atoms with Gasteiger partial charge in [0.05, 0.1) is 7.11 Å². The number of hydrogen-bond acceptors (Lipinski definition) is 3. The van der Waals surface area contributed by atoms with Crippen molar-refractivity contribution in [2.45, 2.75) is 46.2 Å². The normalized spacial score (nSPS) is 12.7. The Kier molecular flexibility index (Phi) is 5.97. The Morgan fingerprint density at radius 1 is 1.09 bits per heavy atom. The maximum Gasteiger partial charge on any atom is 0.251 e. The smallest absolute Gasteiger partial charge is 0.251 e. The van der Waals surface area contributed by atoms with Crippen molar-refractivity contribution in [3.63, 3.8) is 0 Å². The van der Waals surface area contributed by atoms with Crippen LogP contribution in [0.2, 0.25) is 0 Å². The Balaban J connectivity index is 2.81. The minimum absolute atomic E-state index is 0.00968. The number of amides is 2. The van der Waals surface area contributed by atoms with E-state index in [9.17, 15) is 9.59 Å². The summed E-state index contributed by atoms with van der Waals surface area (Å²) in [5.74, 6) is 0.224. The highest BCUT2D eigenvalue weighted by atomic mass is 16.5. The number of carbonyl (C=O) groups excluding carboxylic acids is 2. The van der Waals surface area contributed by atoms with E-state index >= 15 is 0 Å². The monoisotopic (exact) mass is 306 g/mol. The Hall–Kier alpha value is -2.04. The van der Waals surface area contributed by atoms with E-state index in [1.165, 1.54) is 0 Å². The van der Waals surface area contributed by atoms with E-state index < -0.39 is 6.04 Å². The highest BCUT2D eigenvalue weighted by Gasteiger charge is 2.27. The Bertz CT molecular complexity index is 516. The highest BCUT2D eigenvalue weighted by molar-refractivity contribution is 5.97. The van der Waals surface area contributed by atoms with Crippen molar-refractivity contribution in [3.05, 3.63) is 29.8 Å². The van der Waals surface area contributed by atoms with Crippen molar-refractivity contribution >= 4 is 11.8 Å². The summed E-state index contributed by atoms with van der Waals surface area (Å²) in [6, 6.07) is 6.21. The standard InChI is InChI=1S/C17H26N2O3/c1-11(2)14(16(21)19-17(3,4)5)18-15(20)12-7-9-13(22-6)10-8-12/h7-11,14H,1-6H3,(H,18,20)(H,19,21)/t14-/m1/s1. The molecule has 0 bridgehead atoms. The molecule has 0 aliphatic heterocycles. The molecule has 5 nitrogen and oxygen atoms in total. The second-order valence-electron chi connectivity index (χ2n) is 6.66. The van der Waals surface area contributed by atoms with Crippen LogP contribution < -0.4 is 15.4 Å². The second-order valence-corrected chi connectivity index (χ2v) is 6.66. The molecule has 1 aromatic rings. The fourth-order valence-corrected chi connectivity index (χ4v) is 1.95. The summed E-state index contributed by atoms with van der Waals surface area (Å²) >= 11 is 0. The average Bonchev–Trinajstić information content (AvgIpc) is 2.42. The molecular weight excluding hydrogens is 280 g/mol. The summed E-state index contributed by atoms with van der Waals surface area (Å²) in [6.45, 7) is 9.54. The van der Waals surface area contributed by atoms with Gasteiger partial charge in [0.2, 0.25) is 5.91 Å². The van der Waals surface area contributed by atoms with Crippen LogP contribution in [0.15, 0.2) is 24.3 Å². The molecule has 1 rings (SSSR count). The van der Waals surface area contributed by atoms with Gasteiger partial charge in [0.1, 0.15) is 11.8 Å². The summed E-state index contributed by atoms with van der Waals surface area (Å²) in [6.07, 6.45) is 0. The molecule has 0 aromatic heterocycles. The molecule has 0 saturated heterocycles. The van der Waals surface area contributed by atoms with Gasteiger partial charge in [0, 0.05) is 11.1 Å². The lowest BCUT2D eigenvalue weighted by atomic mass is 10.0. The molecule has 0 fully saturated rings. The van der Waals surface area contributed by atoms with Crippen molar-refractivity contribution in [2.75, 3.05) is 7.11 Å². The molecule has 0 spiro atoms. The Morgan fingerprint density at radius 2 is 1.64 bits per heavy atom. The maximum atomic E-state index is 12.3. The van der Waals surface area contributed by atoms with E-state index in [0.717, 1.165) is 0 Å². The summed E-state index contributed by atoms with van der Waals surface area (Å²) in [5, 5.41) is 5.70. The van der Waals surface area contributed by atoms with E-state index in [2.05, 4.69) is 10.6 Å². The molecule has 1 aromatic carbocycles. The van der Waals surface area contributed by atoms with Crippen molar-refractivity contribution in [1.29, 1.82) is 0 Å². The van der Waals surface area contributed by atoms with Crippen LogP contribution in [-0.2, 0) is 4.79 Å². The second kappa shape index (κ2) is 7.29. The molecule has 0 aliphatic rings. The highest BCUT2D eigenvalue weighted by Crippen LogP contribution is 2.12. The van der Waals surface area contributed by atoms with Crippen LogP contribution in [0.5, 0.6) is 5.75 Å². The lowest BCUT2D eigenvalue weighted by molar-refractivity contribution is -0.125. The number of methoxy groups -OCH3 is 1. The van der Waals surface area contributed by atoms with Gasteiger partial charge in [-0.05, 0) is 51.0 Å². The largest absolute Gasteiger partial charge is 0.497 e. The first-order valence-corrected chi connectivity index (χ1v) is 7.41. The topological polar surface area (TPSA) is 67.4 Å². The van der Waals surface area contributed by atoms with Crippen LogP contribution in [0.25, 0.3) is 0 Å². The third-order valence-corrected chi connectivity index (χ3v) is 3.09. The quantitative estimate of drug-likeness (QED) is 0.877. The van der Waals surface area contributed by atoms with Crippen molar-refractivity contribution in [1.82, 2.24) is 10.6 Å². The molecule has 2 amide bonds. The zero-order chi connectivity index (χ0) is 16.9. The van der Waals surface area contributed by atoms with Crippen molar-refractivity contribution in [2.24, 2.45) is 5.92 Å². The molecular formula is C17H26N2O3. The average molecular weight is 306 g/mol. The number of hydrogen-bond donors (Lipinski definition) is 2. The first kappa shape index (κ1) is 18.0. The van der Waals surface area contributed by atoms with Gasteiger partial charge < -0.3 is 15.4 Å². The first-order chi connectivity index (χ1) is 10.1. The van der Waals surface area contributed by atoms with Crippen LogP contribution in [-0.4, -0.2) is 30.5 Å². The Morgan fingerprint density at radius 3 is 2.05 bits per heavy atom. The third kappa shape index (κ3) is 5.39. The maximum absolute atomic E-state index is 12.3. The minimum Gasteiger partial charge on any atom is -0.497 e. The van der Waals surface area contributed by atoms with Crippen LogP contribution in [0.3, 0.4) is 0 Å². The Labute approximate surface area is 132 Å². The summed E-state index contributed by atoms with van der Waals surface area (Å²) in [5.41, 5.74) is 0.157. The molecule has 0 unspecified atom stereocenters. The van der Waals surface area contributed by atoms with Crippen molar-refractivity contribution < 1.29 is 14.3 Å². The van der Waals surface area contributed by atoms with E-state index in [4.69, 9.17) is 4.74 Å².